The summed E-state index contributed by atoms with van der Waals surface area (Å²) in [7, 11) is -2.35. The first-order valence-electron chi connectivity index (χ1n) is 6.95. The largest absolute Gasteiger partial charge is 0.495 e. The maximum atomic E-state index is 12.4. The Balaban J connectivity index is 2.10. The second-order valence-corrected chi connectivity index (χ2v) is 7.25. The highest BCUT2D eigenvalue weighted by Crippen LogP contribution is 2.26. The molecule has 0 saturated heterocycles. The number of nitrogens with zero attached hydrogens (tertiary/aromatic N) is 4. The average Bonchev–Trinajstić information content (AvgIpc) is 2.95. The normalized spacial score (nSPS) is 11.9. The van der Waals surface area contributed by atoms with Crippen LogP contribution in [-0.4, -0.2) is 42.3 Å². The van der Waals surface area contributed by atoms with Gasteiger partial charge in [0.15, 0.2) is 5.82 Å². The fourth-order valence-electron chi connectivity index (χ4n) is 2.01. The van der Waals surface area contributed by atoms with E-state index in [-0.39, 0.29) is 23.2 Å². The summed E-state index contributed by atoms with van der Waals surface area (Å²) in [6.45, 7) is 4.05. The summed E-state index contributed by atoms with van der Waals surface area (Å²) in [4.78, 5) is -0.00375. The number of hydrogen-bond donors (Lipinski definition) is 1. The van der Waals surface area contributed by atoms with Crippen LogP contribution in [0.4, 0.5) is 0 Å². The number of nitrogens with one attached hydrogen (secondary N) is 1. The molecule has 1 aromatic carbocycles. The van der Waals surface area contributed by atoms with Gasteiger partial charge in [-0.3, -0.25) is 0 Å². The van der Waals surface area contributed by atoms with Crippen molar-refractivity contribution < 1.29 is 13.2 Å². The second-order valence-electron chi connectivity index (χ2n) is 5.08. The fourth-order valence-corrected chi connectivity index (χ4v) is 3.47. The van der Waals surface area contributed by atoms with Crippen LogP contribution in [0.3, 0.4) is 0 Å². The van der Waals surface area contributed by atoms with Gasteiger partial charge in [0.2, 0.25) is 10.0 Å². The van der Waals surface area contributed by atoms with Gasteiger partial charge in [0.25, 0.3) is 0 Å². The van der Waals surface area contributed by atoms with Crippen LogP contribution >= 0.6 is 11.6 Å². The molecule has 0 unspecified atom stereocenters. The summed E-state index contributed by atoms with van der Waals surface area (Å²) in [5, 5.41) is 11.7. The number of rotatable bonds is 7. The number of benzene rings is 1. The van der Waals surface area contributed by atoms with E-state index in [9.17, 15) is 8.42 Å². The Morgan fingerprint density at radius 3 is 2.78 bits per heavy atom. The maximum Gasteiger partial charge on any atom is 0.244 e. The van der Waals surface area contributed by atoms with Crippen molar-refractivity contribution in [3.63, 3.8) is 0 Å². The number of tetrazole rings is 1. The monoisotopic (exact) mass is 359 g/mol. The number of methoxy groups -OCH3 is 1. The van der Waals surface area contributed by atoms with E-state index in [1.807, 2.05) is 13.8 Å². The van der Waals surface area contributed by atoms with Gasteiger partial charge in [0, 0.05) is 18.0 Å². The predicted octanol–water partition coefficient (Wildman–Crippen LogP) is 1.44. The highest BCUT2D eigenvalue weighted by Gasteiger charge is 2.20. The summed E-state index contributed by atoms with van der Waals surface area (Å²) in [5.74, 6) is 0.842. The van der Waals surface area contributed by atoms with Crippen LogP contribution in [0.2, 0.25) is 5.02 Å². The SMILES string of the molecule is COc1ccc(Cl)cc1S(=O)(=O)NCCc1nnnn1C(C)C. The molecule has 2 rings (SSSR count). The lowest BCUT2D eigenvalue weighted by atomic mass is 10.3. The number of ether oxygens (including phenoxy) is 1. The minimum Gasteiger partial charge on any atom is -0.495 e. The minimum atomic E-state index is -3.75. The first kappa shape index (κ1) is 17.6. The molecule has 126 valence electrons. The molecule has 1 heterocycles. The van der Waals surface area contributed by atoms with Gasteiger partial charge in [-0.25, -0.2) is 17.8 Å². The Kier molecular flexibility index (Phi) is 5.55. The summed E-state index contributed by atoms with van der Waals surface area (Å²) < 4.78 is 34.0. The lowest BCUT2D eigenvalue weighted by Crippen LogP contribution is -2.27. The highest BCUT2D eigenvalue weighted by molar-refractivity contribution is 7.89. The summed E-state index contributed by atoms with van der Waals surface area (Å²) >= 11 is 5.87. The zero-order chi connectivity index (χ0) is 17.0. The van der Waals surface area contributed by atoms with Gasteiger partial charge in [-0.1, -0.05) is 11.6 Å². The van der Waals surface area contributed by atoms with Gasteiger partial charge in [-0.05, 0) is 42.5 Å². The third-order valence-electron chi connectivity index (χ3n) is 3.11. The molecule has 10 heteroatoms. The van der Waals surface area contributed by atoms with Crippen molar-refractivity contribution in [3.8, 4) is 5.75 Å². The van der Waals surface area contributed by atoms with Gasteiger partial charge in [0.05, 0.1) is 13.2 Å². The summed E-state index contributed by atoms with van der Waals surface area (Å²) in [6, 6.07) is 4.53. The van der Waals surface area contributed by atoms with Crippen LogP contribution in [0.15, 0.2) is 23.1 Å². The molecule has 0 radical (unpaired) electrons. The molecule has 2 aromatic rings. The van der Waals surface area contributed by atoms with Gasteiger partial charge in [-0.2, -0.15) is 0 Å². The maximum absolute atomic E-state index is 12.4. The number of aromatic nitrogens is 4. The van der Waals surface area contributed by atoms with E-state index >= 15 is 0 Å². The Labute approximate surface area is 139 Å². The summed E-state index contributed by atoms with van der Waals surface area (Å²) in [5.41, 5.74) is 0. The van der Waals surface area contributed by atoms with E-state index in [1.165, 1.54) is 19.2 Å². The number of sulfonamides is 1. The highest BCUT2D eigenvalue weighted by atomic mass is 35.5. The van der Waals surface area contributed by atoms with Gasteiger partial charge in [-0.15, -0.1) is 5.10 Å². The van der Waals surface area contributed by atoms with Crippen LogP contribution in [0, 0.1) is 0 Å². The van der Waals surface area contributed by atoms with Crippen LogP contribution in [-0.2, 0) is 16.4 Å². The molecular weight excluding hydrogens is 342 g/mol. The quantitative estimate of drug-likeness (QED) is 0.803. The van der Waals surface area contributed by atoms with Gasteiger partial charge >= 0.3 is 0 Å². The Hall–Kier alpha value is -1.71. The van der Waals surface area contributed by atoms with Gasteiger partial charge < -0.3 is 4.74 Å². The van der Waals surface area contributed by atoms with Crippen molar-refractivity contribution in [1.82, 2.24) is 24.9 Å². The smallest absolute Gasteiger partial charge is 0.244 e. The van der Waals surface area contributed by atoms with Crippen molar-refractivity contribution in [2.24, 2.45) is 0 Å². The van der Waals surface area contributed by atoms with Gasteiger partial charge in [0.1, 0.15) is 10.6 Å². The topological polar surface area (TPSA) is 99.0 Å². The first-order chi connectivity index (χ1) is 10.8. The lowest BCUT2D eigenvalue weighted by Gasteiger charge is -2.11. The predicted molar refractivity (Wildman–Crippen MR) is 85.1 cm³/mol. The Bertz CT molecular complexity index is 776. The molecule has 0 saturated carbocycles. The van der Waals surface area contributed by atoms with E-state index < -0.39 is 10.0 Å². The molecule has 23 heavy (non-hydrogen) atoms. The molecule has 0 aliphatic rings. The standard InChI is InChI=1S/C13H18ClN5O3S/c1-9(2)19-13(16-17-18-19)6-7-15-23(20,21)12-8-10(14)4-5-11(12)22-3/h4-5,8-9,15H,6-7H2,1-3H3. The van der Waals surface area contributed by atoms with E-state index in [0.29, 0.717) is 17.3 Å². The lowest BCUT2D eigenvalue weighted by molar-refractivity contribution is 0.402. The number of halogens is 1. The van der Waals surface area contributed by atoms with E-state index in [0.717, 1.165) is 0 Å². The molecule has 0 aliphatic heterocycles. The zero-order valence-electron chi connectivity index (χ0n) is 13.0. The van der Waals surface area contributed by atoms with E-state index in [1.54, 1.807) is 10.7 Å². The third-order valence-corrected chi connectivity index (χ3v) is 4.82. The third kappa shape index (κ3) is 4.18. The van der Waals surface area contributed by atoms with Crippen molar-refractivity contribution in [2.45, 2.75) is 31.2 Å². The van der Waals surface area contributed by atoms with Crippen LogP contribution in [0.5, 0.6) is 5.75 Å². The van der Waals surface area contributed by atoms with E-state index in [4.69, 9.17) is 16.3 Å². The Morgan fingerprint density at radius 2 is 2.13 bits per heavy atom. The molecule has 8 nitrogen and oxygen atoms in total. The molecule has 0 atom stereocenters. The average molecular weight is 360 g/mol. The molecule has 0 spiro atoms. The first-order valence-corrected chi connectivity index (χ1v) is 8.81. The molecule has 1 aromatic heterocycles. The van der Waals surface area contributed by atoms with Crippen molar-refractivity contribution in [2.75, 3.05) is 13.7 Å². The fraction of sp³-hybridized carbons (Fsp3) is 0.462. The molecule has 0 bridgehead atoms. The van der Waals surface area contributed by atoms with E-state index in [2.05, 4.69) is 20.2 Å². The van der Waals surface area contributed by atoms with Crippen molar-refractivity contribution in [3.05, 3.63) is 29.0 Å². The van der Waals surface area contributed by atoms with Crippen LogP contribution in [0.1, 0.15) is 25.7 Å². The zero-order valence-corrected chi connectivity index (χ0v) is 14.6. The molecule has 1 N–H and O–H groups in total. The molecular formula is C13H18ClN5O3S. The minimum absolute atomic E-state index is 0.00375. The van der Waals surface area contributed by atoms with Crippen LogP contribution in [0.25, 0.3) is 0 Å². The Morgan fingerprint density at radius 1 is 1.39 bits per heavy atom. The second kappa shape index (κ2) is 7.24. The number of hydrogen-bond acceptors (Lipinski definition) is 6. The summed E-state index contributed by atoms with van der Waals surface area (Å²) in [6.07, 6.45) is 0.368. The van der Waals surface area contributed by atoms with Crippen molar-refractivity contribution in [1.29, 1.82) is 0 Å². The molecule has 0 aliphatic carbocycles. The van der Waals surface area contributed by atoms with Crippen LogP contribution < -0.4 is 9.46 Å². The molecule has 0 fully saturated rings. The van der Waals surface area contributed by atoms with Crippen molar-refractivity contribution >= 4 is 21.6 Å². The molecule has 0 amide bonds.